The van der Waals surface area contributed by atoms with Gasteiger partial charge in [-0.3, -0.25) is 38.7 Å². The van der Waals surface area contributed by atoms with Crippen LogP contribution in [0.15, 0.2) is 439 Å². The Bertz CT molecular complexity index is 4420. The van der Waals surface area contributed by atoms with Crippen LogP contribution in [0.1, 0.15) is 0 Å². The highest BCUT2D eigenvalue weighted by Crippen LogP contribution is 2.23. The van der Waals surface area contributed by atoms with Crippen LogP contribution >= 0.6 is 0 Å². The van der Waals surface area contributed by atoms with Crippen LogP contribution in [0.3, 0.4) is 0 Å². The van der Waals surface area contributed by atoms with Crippen molar-refractivity contribution in [2.75, 3.05) is 56.9 Å². The molecule has 8 heterocycles. The number of benzene rings is 8. The summed E-state index contributed by atoms with van der Waals surface area (Å²) in [4.78, 5) is 40.2. The molecule has 0 aliphatic heterocycles. The smallest absolute Gasteiger partial charge is 0.223 e. The van der Waals surface area contributed by atoms with Crippen molar-refractivity contribution in [3.63, 3.8) is 0 Å². The molecule has 0 spiro atoms. The summed E-state index contributed by atoms with van der Waals surface area (Å²) in [6, 6.07) is 115. The van der Waals surface area contributed by atoms with Gasteiger partial charge in [0.15, 0.2) is 0 Å². The summed E-state index contributed by atoms with van der Waals surface area (Å²) in [6.45, 7) is 0. The highest BCUT2D eigenvalue weighted by atomic mass is 19.1. The van der Waals surface area contributed by atoms with Gasteiger partial charge in [0.25, 0.3) is 0 Å². The van der Waals surface area contributed by atoms with Crippen LogP contribution < -0.4 is 117 Å². The maximum atomic E-state index is 9.89. The van der Waals surface area contributed by atoms with Crippen LogP contribution in [0.5, 0.6) is 0 Å². The molecule has 0 saturated carbocycles. The van der Waals surface area contributed by atoms with Gasteiger partial charge < -0.3 is 57.5 Å². The van der Waals surface area contributed by atoms with E-state index in [9.17, 15) is 17.3 Å². The Balaban J connectivity index is 0.000000253. The zero-order valence-electron chi connectivity index (χ0n) is 71.5. The molecule has 128 heavy (non-hydrogen) atoms. The van der Waals surface area contributed by atoms with Crippen molar-refractivity contribution >= 4 is 29.6 Å². The first kappa shape index (κ1) is 104. The van der Waals surface area contributed by atoms with Gasteiger partial charge in [-0.2, -0.15) is 0 Å². The second kappa shape index (κ2) is 62.2. The SMILES string of the molecule is CO[n+]1ccc(-c2ccccc2)cc1.CO[n+]1ccc(-c2ccccc2)cc1.CO[n+]1ccc(-c2ccccc2)cc1.CO[n+]1ccc(-c2ccccc2)cc1.CO[n+]1ccc(-c2ccccc2)cc1.CO[n+]1ccc(-c2ccccc2)cc1.CO[n+]1ccc(-c2ccccc2)cc1.CO[n+]1ccc(-c2ccccc2)cc1.[O-]B([O-])F.[O-]B([O-])F.[O-]B([O-])F.[O-]B([O-])F. The number of rotatable bonds is 16. The van der Waals surface area contributed by atoms with Crippen molar-refractivity contribution in [1.29, 1.82) is 0 Å². The number of pyridine rings is 8. The normalized spacial score (nSPS) is 9.41. The van der Waals surface area contributed by atoms with Gasteiger partial charge in [-0.05, 0) is 89.0 Å². The minimum absolute atomic E-state index is 1.19. The van der Waals surface area contributed by atoms with Crippen LogP contribution in [0, 0.1) is 0 Å². The van der Waals surface area contributed by atoms with Gasteiger partial charge in [0, 0.05) is 135 Å². The Morgan fingerprint density at radius 1 is 0.141 bits per heavy atom. The van der Waals surface area contributed by atoms with Gasteiger partial charge in [0.2, 0.25) is 99.1 Å². The number of aromatic nitrogens is 8. The molecule has 0 unspecified atom stereocenters. The number of halogens is 4. The van der Waals surface area contributed by atoms with Crippen molar-refractivity contribution in [2.24, 2.45) is 0 Å². The molecule has 0 radical (unpaired) electrons. The molecule has 24 nitrogen and oxygen atoms in total. The van der Waals surface area contributed by atoms with Gasteiger partial charge in [0.05, 0.1) is 0 Å². The number of hydrogen-bond acceptors (Lipinski definition) is 16. The van der Waals surface area contributed by atoms with Gasteiger partial charge in [-0.15, -0.1) is 0 Å². The summed E-state index contributed by atoms with van der Waals surface area (Å²) in [5.41, 5.74) is 19.3. The molecule has 16 rings (SSSR count). The maximum Gasteiger partial charge on any atom is 0.223 e. The summed E-state index contributed by atoms with van der Waals surface area (Å²) < 4.78 is 52.8. The summed E-state index contributed by atoms with van der Waals surface area (Å²) in [5, 5.41) is 66.4. The minimum Gasteiger partial charge on any atom is -0.867 e. The van der Waals surface area contributed by atoms with E-state index in [1.165, 1.54) is 89.0 Å². The van der Waals surface area contributed by atoms with Crippen molar-refractivity contribution in [3.05, 3.63) is 439 Å². The second-order valence-electron chi connectivity index (χ2n) is 25.1. The third-order valence-electron chi connectivity index (χ3n) is 17.0. The van der Waals surface area contributed by atoms with E-state index in [2.05, 4.69) is 97.1 Å². The molecule has 0 aliphatic carbocycles. The predicted octanol–water partition coefficient (Wildman–Crippen LogP) is 4.24. The molecule has 0 atom stereocenters. The van der Waals surface area contributed by atoms with E-state index < -0.39 is 29.6 Å². The molecule has 0 saturated heterocycles. The molecule has 32 heteroatoms. The average molecular weight is 1740 g/mol. The second-order valence-corrected chi connectivity index (χ2v) is 25.1. The van der Waals surface area contributed by atoms with Crippen LogP contribution in [0.25, 0.3) is 89.0 Å². The quantitative estimate of drug-likeness (QED) is 0.0742. The first-order valence-electron chi connectivity index (χ1n) is 38.9. The summed E-state index contributed by atoms with van der Waals surface area (Å²) >= 11 is 0. The summed E-state index contributed by atoms with van der Waals surface area (Å²) in [6.07, 6.45) is 30.3. The van der Waals surface area contributed by atoms with Gasteiger partial charge in [-0.1, -0.05) is 243 Å². The zero-order valence-corrected chi connectivity index (χ0v) is 71.5. The number of hydrogen-bond donors (Lipinski definition) is 0. The summed E-state index contributed by atoms with van der Waals surface area (Å²) in [7, 11) is 0.462. The molecule has 0 fully saturated rings. The van der Waals surface area contributed by atoms with E-state index in [1.807, 2.05) is 342 Å². The molecule has 0 aliphatic rings. The fraction of sp³-hybridized carbons (Fsp3) is 0.0833. The van der Waals surface area contributed by atoms with Gasteiger partial charge in [0.1, 0.15) is 86.5 Å². The minimum atomic E-state index is -3.17. The molecule has 8 aromatic heterocycles. The lowest BCUT2D eigenvalue weighted by molar-refractivity contribution is -0.885. The topological polar surface area (TPSA) is 289 Å². The number of nitrogens with zero attached hydrogens (tertiary/aromatic N) is 8. The Morgan fingerprint density at radius 3 is 0.266 bits per heavy atom. The Morgan fingerprint density at radius 2 is 0.203 bits per heavy atom. The van der Waals surface area contributed by atoms with E-state index in [0.29, 0.717) is 0 Å². The van der Waals surface area contributed by atoms with E-state index in [4.69, 9.17) is 78.9 Å². The lowest BCUT2D eigenvalue weighted by Crippen LogP contribution is -2.39. The lowest BCUT2D eigenvalue weighted by Gasteiger charge is -2.09. The average Bonchev–Trinajstić information content (AvgIpc) is 0.913. The third-order valence-corrected chi connectivity index (χ3v) is 17.0. The fourth-order valence-corrected chi connectivity index (χ4v) is 10.9. The van der Waals surface area contributed by atoms with E-state index >= 15 is 0 Å². The first-order valence-corrected chi connectivity index (χ1v) is 38.9. The highest BCUT2D eigenvalue weighted by Gasteiger charge is 2.09. The van der Waals surface area contributed by atoms with Crippen LogP contribution in [-0.4, -0.2) is 86.5 Å². The van der Waals surface area contributed by atoms with Crippen molar-refractivity contribution in [1.82, 2.24) is 0 Å². The predicted molar refractivity (Wildman–Crippen MR) is 464 cm³/mol. The molecule has 0 bridgehead atoms. The van der Waals surface area contributed by atoms with Crippen LogP contribution in [-0.2, 0) is 0 Å². The Labute approximate surface area is 744 Å². The molecular weight excluding hydrogens is 1640 g/mol. The summed E-state index contributed by atoms with van der Waals surface area (Å²) in [5.74, 6) is 0. The monoisotopic (exact) mass is 1740 g/mol. The first-order chi connectivity index (χ1) is 62.1. The van der Waals surface area contributed by atoms with E-state index in [-0.39, 0.29) is 0 Å². The Hall–Kier alpha value is -15.0. The van der Waals surface area contributed by atoms with Crippen LogP contribution in [0.4, 0.5) is 17.3 Å². The highest BCUT2D eigenvalue weighted by molar-refractivity contribution is 6.27. The molecule has 0 amide bonds. The van der Waals surface area contributed by atoms with Gasteiger partial charge in [-0.25, -0.2) is 0 Å². The Kier molecular flexibility index (Phi) is 50.3. The fourth-order valence-electron chi connectivity index (χ4n) is 10.9. The standard InChI is InChI=1S/8C12H12NO.4BFO2/c8*1-14-13-9-7-12(8-10-13)11-5-3-2-4-6-11;4*2-1(3)4/h8*2-10H,1H3;;;;/q8*+1;4*-2. The van der Waals surface area contributed by atoms with E-state index in [0.717, 1.165) is 0 Å². The largest absolute Gasteiger partial charge is 0.867 e. The van der Waals surface area contributed by atoms with Crippen LogP contribution in [0.2, 0.25) is 0 Å². The molecule has 0 N–H and O–H groups in total. The molecule has 656 valence electrons. The molecule has 16 aromatic rings. The lowest BCUT2D eigenvalue weighted by atomic mass is 10.1. The molecule has 8 aromatic carbocycles. The van der Waals surface area contributed by atoms with Crippen molar-refractivity contribution in [2.45, 2.75) is 0 Å². The third kappa shape index (κ3) is 42.9. The zero-order chi connectivity index (χ0) is 92.7. The van der Waals surface area contributed by atoms with E-state index in [1.54, 1.807) is 94.7 Å². The van der Waals surface area contributed by atoms with Gasteiger partial charge >= 0.3 is 0 Å². The molecular formula is C96H96B4F4N8O16. The maximum absolute atomic E-state index is 9.89. The van der Waals surface area contributed by atoms with Crippen molar-refractivity contribution in [3.8, 4) is 89.0 Å². The van der Waals surface area contributed by atoms with Crippen molar-refractivity contribution < 1.29 is 134 Å².